The second-order valence-electron chi connectivity index (χ2n) is 11.0. The average Bonchev–Trinajstić information content (AvgIpc) is 3.36. The van der Waals surface area contributed by atoms with Gasteiger partial charge in [0.05, 0.1) is 11.0 Å². The number of rotatable bonds is 2. The Morgan fingerprint density at radius 3 is 1.98 bits per heavy atom. The maximum atomic E-state index is 6.51. The van der Waals surface area contributed by atoms with E-state index in [9.17, 15) is 0 Å². The van der Waals surface area contributed by atoms with Gasteiger partial charge in [0.25, 0.3) is 6.71 Å². The summed E-state index contributed by atoms with van der Waals surface area (Å²) in [5, 5.41) is 2.54. The van der Waals surface area contributed by atoms with Crippen LogP contribution in [0.1, 0.15) is 5.56 Å². The van der Waals surface area contributed by atoms with Crippen LogP contribution in [0.4, 0.5) is 17.1 Å². The van der Waals surface area contributed by atoms with Gasteiger partial charge in [0, 0.05) is 33.5 Å². The molecule has 2 aliphatic heterocycles. The third kappa shape index (κ3) is 3.10. The standard InChI is InChI=1S/C37H25BN2O/c1-24-22-26(40-30-17-8-5-14-27(30)28-15-6-9-18-31(28)40)23-33-36(24)38-29-16-7-10-20-34(29)41-35-21-11-19-32(37(35)38)39(33)25-12-3-2-4-13-25/h2-23H,1H3. The lowest BCUT2D eigenvalue weighted by molar-refractivity contribution is 0.487. The quantitative estimate of drug-likeness (QED) is 0.218. The van der Waals surface area contributed by atoms with Gasteiger partial charge >= 0.3 is 0 Å². The highest BCUT2D eigenvalue weighted by atomic mass is 16.5. The van der Waals surface area contributed by atoms with Crippen LogP contribution in [0.5, 0.6) is 11.5 Å². The first kappa shape index (κ1) is 22.6. The lowest BCUT2D eigenvalue weighted by Crippen LogP contribution is -2.60. The van der Waals surface area contributed by atoms with E-state index in [4.69, 9.17) is 4.74 Å². The molecule has 2 aliphatic rings. The summed E-state index contributed by atoms with van der Waals surface area (Å²) in [5.41, 5.74) is 12.2. The van der Waals surface area contributed by atoms with E-state index in [0.717, 1.165) is 17.2 Å². The third-order valence-corrected chi connectivity index (χ3v) is 8.75. The Balaban J connectivity index is 1.40. The van der Waals surface area contributed by atoms with Gasteiger partial charge in [-0.2, -0.15) is 0 Å². The van der Waals surface area contributed by atoms with Gasteiger partial charge in [-0.3, -0.25) is 0 Å². The first-order chi connectivity index (χ1) is 20.3. The van der Waals surface area contributed by atoms with Crippen LogP contribution in [-0.2, 0) is 0 Å². The number of aromatic nitrogens is 1. The van der Waals surface area contributed by atoms with Crippen LogP contribution in [0.3, 0.4) is 0 Å². The van der Waals surface area contributed by atoms with E-state index in [1.807, 2.05) is 0 Å². The zero-order valence-corrected chi connectivity index (χ0v) is 22.6. The minimum absolute atomic E-state index is 0.0910. The van der Waals surface area contributed by atoms with Crippen molar-refractivity contribution in [3.8, 4) is 17.2 Å². The largest absolute Gasteiger partial charge is 0.458 e. The molecule has 3 nitrogen and oxygen atoms in total. The minimum Gasteiger partial charge on any atom is -0.458 e. The monoisotopic (exact) mass is 524 g/mol. The zero-order valence-electron chi connectivity index (χ0n) is 22.6. The molecule has 4 heteroatoms. The Morgan fingerprint density at radius 2 is 1.20 bits per heavy atom. The predicted octanol–water partition coefficient (Wildman–Crippen LogP) is 7.50. The normalized spacial score (nSPS) is 13.1. The molecule has 7 aromatic rings. The molecule has 0 fully saturated rings. The van der Waals surface area contributed by atoms with Crippen LogP contribution < -0.4 is 26.0 Å². The molecule has 41 heavy (non-hydrogen) atoms. The van der Waals surface area contributed by atoms with Crippen LogP contribution in [-0.4, -0.2) is 11.3 Å². The molecule has 0 atom stereocenters. The van der Waals surface area contributed by atoms with Crippen molar-refractivity contribution in [3.63, 3.8) is 0 Å². The molecule has 3 heterocycles. The number of aryl methyl sites for hydroxylation is 1. The molecular formula is C37H25BN2O. The van der Waals surface area contributed by atoms with Gasteiger partial charge in [0.2, 0.25) is 0 Å². The summed E-state index contributed by atoms with van der Waals surface area (Å²) in [5.74, 6) is 1.87. The highest BCUT2D eigenvalue weighted by molar-refractivity contribution is 6.99. The molecule has 192 valence electrons. The summed E-state index contributed by atoms with van der Waals surface area (Å²) in [7, 11) is 0. The van der Waals surface area contributed by atoms with Crippen LogP contribution >= 0.6 is 0 Å². The van der Waals surface area contributed by atoms with Crippen molar-refractivity contribution in [2.24, 2.45) is 0 Å². The predicted molar refractivity (Wildman–Crippen MR) is 171 cm³/mol. The second kappa shape index (κ2) is 8.39. The van der Waals surface area contributed by atoms with E-state index >= 15 is 0 Å². The lowest BCUT2D eigenvalue weighted by atomic mass is 9.33. The summed E-state index contributed by atoms with van der Waals surface area (Å²) < 4.78 is 8.93. The first-order valence-electron chi connectivity index (χ1n) is 14.2. The Labute approximate surface area is 238 Å². The minimum atomic E-state index is 0.0910. The highest BCUT2D eigenvalue weighted by Crippen LogP contribution is 2.42. The van der Waals surface area contributed by atoms with Crippen molar-refractivity contribution in [3.05, 3.63) is 139 Å². The molecule has 0 unspecified atom stereocenters. The number of anilines is 3. The van der Waals surface area contributed by atoms with Crippen molar-refractivity contribution in [2.45, 2.75) is 6.92 Å². The molecule has 0 spiro atoms. The van der Waals surface area contributed by atoms with E-state index in [1.165, 1.54) is 60.8 Å². The van der Waals surface area contributed by atoms with Gasteiger partial charge in [-0.1, -0.05) is 84.4 Å². The Kier molecular flexibility index (Phi) is 4.62. The molecule has 1 aromatic heterocycles. The van der Waals surface area contributed by atoms with Crippen molar-refractivity contribution in [1.29, 1.82) is 0 Å². The van der Waals surface area contributed by atoms with Crippen LogP contribution in [0.15, 0.2) is 133 Å². The Bertz CT molecular complexity index is 2110. The zero-order chi connectivity index (χ0) is 27.1. The number of hydrogen-bond acceptors (Lipinski definition) is 2. The van der Waals surface area contributed by atoms with E-state index in [-0.39, 0.29) is 6.71 Å². The number of hydrogen-bond donors (Lipinski definition) is 0. The number of benzene rings is 6. The number of para-hydroxylation sites is 4. The van der Waals surface area contributed by atoms with Gasteiger partial charge in [-0.05, 0) is 77.9 Å². The summed E-state index contributed by atoms with van der Waals surface area (Å²) >= 11 is 0. The molecule has 0 saturated heterocycles. The number of nitrogens with zero attached hydrogens (tertiary/aromatic N) is 2. The van der Waals surface area contributed by atoms with Crippen molar-refractivity contribution >= 4 is 62.0 Å². The van der Waals surface area contributed by atoms with Crippen LogP contribution in [0.25, 0.3) is 27.5 Å². The lowest BCUT2D eigenvalue weighted by Gasteiger charge is -2.41. The smallest absolute Gasteiger partial charge is 0.256 e. The SMILES string of the molecule is Cc1cc(-n2c3ccccc3c3ccccc32)cc2c1B1c3ccccc3Oc3cccc(c31)N2c1ccccc1. The summed E-state index contributed by atoms with van der Waals surface area (Å²) in [6.45, 7) is 2.36. The van der Waals surface area contributed by atoms with Crippen LogP contribution in [0.2, 0.25) is 0 Å². The molecule has 9 rings (SSSR count). The maximum absolute atomic E-state index is 6.51. The maximum Gasteiger partial charge on any atom is 0.256 e. The molecule has 0 aliphatic carbocycles. The van der Waals surface area contributed by atoms with Gasteiger partial charge in [0.1, 0.15) is 11.5 Å². The summed E-state index contributed by atoms with van der Waals surface area (Å²) in [4.78, 5) is 2.42. The fourth-order valence-corrected chi connectivity index (χ4v) is 7.13. The highest BCUT2D eigenvalue weighted by Gasteiger charge is 2.42. The van der Waals surface area contributed by atoms with Crippen molar-refractivity contribution < 1.29 is 4.74 Å². The molecular weight excluding hydrogens is 499 g/mol. The Morgan fingerprint density at radius 1 is 0.537 bits per heavy atom. The number of fused-ring (bicyclic) bond motifs is 7. The van der Waals surface area contributed by atoms with E-state index in [1.54, 1.807) is 0 Å². The average molecular weight is 524 g/mol. The fraction of sp³-hybridized carbons (Fsp3) is 0.0270. The topological polar surface area (TPSA) is 17.4 Å². The van der Waals surface area contributed by atoms with Crippen LogP contribution in [0, 0.1) is 6.92 Å². The summed E-state index contributed by atoms with van der Waals surface area (Å²) in [6.07, 6.45) is 0. The first-order valence-corrected chi connectivity index (χ1v) is 14.2. The molecule has 0 N–H and O–H groups in total. The van der Waals surface area contributed by atoms with E-state index in [0.29, 0.717) is 0 Å². The van der Waals surface area contributed by atoms with Gasteiger partial charge in [0.15, 0.2) is 0 Å². The number of ether oxygens (including phenoxy) is 1. The Hall–Kier alpha value is -5.22. The van der Waals surface area contributed by atoms with Gasteiger partial charge < -0.3 is 14.2 Å². The van der Waals surface area contributed by atoms with E-state index in [2.05, 4.69) is 150 Å². The van der Waals surface area contributed by atoms with E-state index < -0.39 is 0 Å². The van der Waals surface area contributed by atoms with Crippen molar-refractivity contribution in [2.75, 3.05) is 4.90 Å². The molecule has 6 aromatic carbocycles. The summed E-state index contributed by atoms with van der Waals surface area (Å²) in [6, 6.07) is 47.9. The van der Waals surface area contributed by atoms with Crippen molar-refractivity contribution in [1.82, 2.24) is 4.57 Å². The second-order valence-corrected chi connectivity index (χ2v) is 11.0. The molecule has 0 radical (unpaired) electrons. The molecule has 0 amide bonds. The third-order valence-electron chi connectivity index (χ3n) is 8.75. The fourth-order valence-electron chi connectivity index (χ4n) is 7.13. The molecule has 0 bridgehead atoms. The van der Waals surface area contributed by atoms with Gasteiger partial charge in [-0.15, -0.1) is 0 Å². The van der Waals surface area contributed by atoms with Gasteiger partial charge in [-0.25, -0.2) is 0 Å². The molecule has 0 saturated carbocycles.